The average Bonchev–Trinajstić information content (AvgIpc) is 2.51. The Morgan fingerprint density at radius 2 is 2.18 bits per heavy atom. The molecule has 0 aliphatic heterocycles. The van der Waals surface area contributed by atoms with E-state index in [9.17, 15) is 0 Å². The Bertz CT molecular complexity index is 351. The van der Waals surface area contributed by atoms with Crippen LogP contribution in [-0.4, -0.2) is 11.5 Å². The Morgan fingerprint density at radius 1 is 1.35 bits per heavy atom. The zero-order valence-corrected chi connectivity index (χ0v) is 12.1. The van der Waals surface area contributed by atoms with Crippen LogP contribution in [0.2, 0.25) is 0 Å². The zero-order valence-electron chi connectivity index (χ0n) is 10.5. The van der Waals surface area contributed by atoms with Gasteiger partial charge < -0.3 is 0 Å². The highest BCUT2D eigenvalue weighted by atomic mass is 35.5. The fraction of sp³-hybridized carbons (Fsp3) is 0.600. The van der Waals surface area contributed by atoms with Gasteiger partial charge >= 0.3 is 0 Å². The van der Waals surface area contributed by atoms with E-state index in [1.165, 1.54) is 48.3 Å². The molecule has 2 rings (SSSR count). The molecule has 1 aliphatic carbocycles. The summed E-state index contributed by atoms with van der Waals surface area (Å²) in [6, 6.07) is 8.72. The van der Waals surface area contributed by atoms with Crippen LogP contribution in [0.5, 0.6) is 0 Å². The minimum atomic E-state index is 0.228. The van der Waals surface area contributed by atoms with Crippen molar-refractivity contribution in [3.05, 3.63) is 35.4 Å². The molecule has 1 aromatic carbocycles. The first-order valence-corrected chi connectivity index (χ1v) is 8.21. The molecule has 0 radical (unpaired) electrons. The molecule has 17 heavy (non-hydrogen) atoms. The van der Waals surface area contributed by atoms with Gasteiger partial charge in [0.15, 0.2) is 0 Å². The summed E-state index contributed by atoms with van der Waals surface area (Å²) in [6.45, 7) is 2.23. The van der Waals surface area contributed by atoms with E-state index >= 15 is 0 Å². The molecule has 2 heteroatoms. The first-order chi connectivity index (χ1) is 8.33. The van der Waals surface area contributed by atoms with E-state index in [-0.39, 0.29) is 5.38 Å². The van der Waals surface area contributed by atoms with Crippen molar-refractivity contribution in [3.63, 3.8) is 0 Å². The first kappa shape index (κ1) is 13.3. The van der Waals surface area contributed by atoms with E-state index in [0.717, 1.165) is 0 Å². The van der Waals surface area contributed by atoms with Crippen LogP contribution < -0.4 is 0 Å². The van der Waals surface area contributed by atoms with Gasteiger partial charge in [0.25, 0.3) is 0 Å². The standard InChI is InChI=1S/C15H21ClS/c1-2-17-11-10-13-8-5-7-12-6-3-4-9-14(12)15(13)16/h3-4,6,9,13,15H,2,5,7-8,10-11H2,1H3. The Hall–Kier alpha value is -0.140. The third kappa shape index (κ3) is 3.42. The molecule has 0 saturated carbocycles. The van der Waals surface area contributed by atoms with Crippen molar-refractivity contribution in [1.82, 2.24) is 0 Å². The molecule has 94 valence electrons. The second-order valence-electron chi connectivity index (χ2n) is 4.74. The molecule has 0 fully saturated rings. The fourth-order valence-corrected chi connectivity index (χ4v) is 3.88. The van der Waals surface area contributed by atoms with E-state index in [4.69, 9.17) is 11.6 Å². The zero-order chi connectivity index (χ0) is 12.1. The summed E-state index contributed by atoms with van der Waals surface area (Å²) in [5.74, 6) is 3.14. The Morgan fingerprint density at radius 3 is 3.00 bits per heavy atom. The van der Waals surface area contributed by atoms with Gasteiger partial charge in [-0.2, -0.15) is 11.8 Å². The van der Waals surface area contributed by atoms with E-state index in [1.54, 1.807) is 0 Å². The molecule has 2 unspecified atom stereocenters. The second-order valence-corrected chi connectivity index (χ2v) is 6.60. The van der Waals surface area contributed by atoms with Gasteiger partial charge in [0.1, 0.15) is 0 Å². The van der Waals surface area contributed by atoms with Crippen molar-refractivity contribution >= 4 is 23.4 Å². The predicted molar refractivity (Wildman–Crippen MR) is 79.1 cm³/mol. The van der Waals surface area contributed by atoms with Gasteiger partial charge in [-0.3, -0.25) is 0 Å². The number of halogens is 1. The van der Waals surface area contributed by atoms with Gasteiger partial charge in [0, 0.05) is 0 Å². The topological polar surface area (TPSA) is 0 Å². The summed E-state index contributed by atoms with van der Waals surface area (Å²) in [5, 5.41) is 0.228. The molecule has 0 heterocycles. The number of benzene rings is 1. The lowest BCUT2D eigenvalue weighted by Gasteiger charge is -2.20. The maximum atomic E-state index is 6.69. The summed E-state index contributed by atoms with van der Waals surface area (Å²) in [4.78, 5) is 0. The smallest absolute Gasteiger partial charge is 0.0616 e. The molecule has 0 saturated heterocycles. The van der Waals surface area contributed by atoms with Crippen LogP contribution in [0.15, 0.2) is 24.3 Å². The van der Waals surface area contributed by atoms with Gasteiger partial charge in [0.2, 0.25) is 0 Å². The van der Waals surface area contributed by atoms with Crippen LogP contribution >= 0.6 is 23.4 Å². The highest BCUT2D eigenvalue weighted by Crippen LogP contribution is 2.39. The second kappa shape index (κ2) is 6.70. The van der Waals surface area contributed by atoms with Crippen LogP contribution in [0.25, 0.3) is 0 Å². The van der Waals surface area contributed by atoms with Crippen molar-refractivity contribution in [1.29, 1.82) is 0 Å². The maximum Gasteiger partial charge on any atom is 0.0616 e. The lowest BCUT2D eigenvalue weighted by atomic mass is 9.94. The first-order valence-electron chi connectivity index (χ1n) is 6.62. The third-order valence-electron chi connectivity index (χ3n) is 3.62. The normalized spacial score (nSPS) is 24.1. The molecule has 0 spiro atoms. The largest absolute Gasteiger partial charge is 0.162 e. The SMILES string of the molecule is CCSCCC1CCCc2ccccc2C1Cl. The highest BCUT2D eigenvalue weighted by Gasteiger charge is 2.25. The minimum Gasteiger partial charge on any atom is -0.162 e. The van der Waals surface area contributed by atoms with Gasteiger partial charge in [-0.15, -0.1) is 11.6 Å². The van der Waals surface area contributed by atoms with Crippen LogP contribution in [0, 0.1) is 5.92 Å². The number of thioether (sulfide) groups is 1. The summed E-state index contributed by atoms with van der Waals surface area (Å²) in [6.07, 6.45) is 5.05. The summed E-state index contributed by atoms with van der Waals surface area (Å²) in [5.41, 5.74) is 2.86. The highest BCUT2D eigenvalue weighted by molar-refractivity contribution is 7.99. The summed E-state index contributed by atoms with van der Waals surface area (Å²) < 4.78 is 0. The van der Waals surface area contributed by atoms with Gasteiger partial charge in [-0.05, 0) is 54.2 Å². The molecule has 0 nitrogen and oxygen atoms in total. The lowest BCUT2D eigenvalue weighted by molar-refractivity contribution is 0.457. The molecule has 0 amide bonds. The molecule has 1 aromatic rings. The average molecular weight is 269 g/mol. The third-order valence-corrected chi connectivity index (χ3v) is 5.15. The molecular formula is C15H21ClS. The minimum absolute atomic E-state index is 0.228. The van der Waals surface area contributed by atoms with Gasteiger partial charge in [-0.25, -0.2) is 0 Å². The molecule has 0 N–H and O–H groups in total. The van der Waals surface area contributed by atoms with Crippen LogP contribution in [0.1, 0.15) is 42.7 Å². The predicted octanol–water partition coefficient (Wildman–Crippen LogP) is 5.06. The van der Waals surface area contributed by atoms with Crippen LogP contribution in [-0.2, 0) is 6.42 Å². The lowest BCUT2D eigenvalue weighted by Crippen LogP contribution is -2.08. The van der Waals surface area contributed by atoms with Gasteiger partial charge in [-0.1, -0.05) is 31.2 Å². The van der Waals surface area contributed by atoms with E-state index in [1.807, 2.05) is 11.8 Å². The van der Waals surface area contributed by atoms with E-state index in [0.29, 0.717) is 5.92 Å². The van der Waals surface area contributed by atoms with E-state index < -0.39 is 0 Å². The molecular weight excluding hydrogens is 248 g/mol. The van der Waals surface area contributed by atoms with Crippen LogP contribution in [0.3, 0.4) is 0 Å². The van der Waals surface area contributed by atoms with Crippen molar-refractivity contribution < 1.29 is 0 Å². The maximum absolute atomic E-state index is 6.69. The Kier molecular flexibility index (Phi) is 5.24. The molecule has 0 aromatic heterocycles. The van der Waals surface area contributed by atoms with Crippen molar-refractivity contribution in [2.75, 3.05) is 11.5 Å². The fourth-order valence-electron chi connectivity index (χ4n) is 2.66. The number of aryl methyl sites for hydroxylation is 1. The number of hydrogen-bond donors (Lipinski definition) is 0. The van der Waals surface area contributed by atoms with Crippen molar-refractivity contribution in [3.8, 4) is 0 Å². The van der Waals surface area contributed by atoms with Crippen LogP contribution in [0.4, 0.5) is 0 Å². The summed E-state index contributed by atoms with van der Waals surface area (Å²) >= 11 is 8.72. The number of rotatable bonds is 4. The van der Waals surface area contributed by atoms with E-state index in [2.05, 4.69) is 31.2 Å². The number of fused-ring (bicyclic) bond motifs is 1. The quantitative estimate of drug-likeness (QED) is 0.418. The Balaban J connectivity index is 2.06. The number of alkyl halides is 1. The van der Waals surface area contributed by atoms with Crippen molar-refractivity contribution in [2.45, 2.75) is 38.0 Å². The Labute approximate surface area is 114 Å². The number of hydrogen-bond acceptors (Lipinski definition) is 1. The summed E-state index contributed by atoms with van der Waals surface area (Å²) in [7, 11) is 0. The molecule has 0 bridgehead atoms. The van der Waals surface area contributed by atoms with Crippen molar-refractivity contribution in [2.24, 2.45) is 5.92 Å². The van der Waals surface area contributed by atoms with Gasteiger partial charge in [0.05, 0.1) is 5.38 Å². The molecule has 2 atom stereocenters. The molecule has 1 aliphatic rings. The monoisotopic (exact) mass is 268 g/mol.